The Morgan fingerprint density at radius 3 is 2.89 bits per heavy atom. The molecule has 0 aliphatic carbocycles. The predicted molar refractivity (Wildman–Crippen MR) is 69.7 cm³/mol. The lowest BCUT2D eigenvalue weighted by Gasteiger charge is -2.08. The van der Waals surface area contributed by atoms with Crippen LogP contribution in [-0.2, 0) is 0 Å². The van der Waals surface area contributed by atoms with Crippen molar-refractivity contribution in [2.24, 2.45) is 0 Å². The molecule has 3 heterocycles. The number of aromatic nitrogens is 3. The standard InChI is InChI=1S/C14H13N3O/c1-10-9-17-12(6-3-7-13(17)16-10)11-5-4-8-15-14(11)18-2/h3-9H,1-2H3. The molecule has 0 amide bonds. The van der Waals surface area contributed by atoms with Gasteiger partial charge in [-0.15, -0.1) is 0 Å². The minimum atomic E-state index is 0.622. The van der Waals surface area contributed by atoms with Crippen LogP contribution in [0.4, 0.5) is 0 Å². The van der Waals surface area contributed by atoms with E-state index in [2.05, 4.69) is 14.4 Å². The van der Waals surface area contributed by atoms with E-state index in [1.54, 1.807) is 13.3 Å². The van der Waals surface area contributed by atoms with E-state index in [1.165, 1.54) is 0 Å². The quantitative estimate of drug-likeness (QED) is 0.690. The highest BCUT2D eigenvalue weighted by molar-refractivity contribution is 5.68. The lowest BCUT2D eigenvalue weighted by Crippen LogP contribution is -1.95. The van der Waals surface area contributed by atoms with Crippen molar-refractivity contribution < 1.29 is 4.74 Å². The lowest BCUT2D eigenvalue weighted by molar-refractivity contribution is 0.399. The van der Waals surface area contributed by atoms with Crippen LogP contribution in [0.25, 0.3) is 16.9 Å². The molecule has 18 heavy (non-hydrogen) atoms. The molecule has 0 atom stereocenters. The van der Waals surface area contributed by atoms with E-state index in [0.29, 0.717) is 5.88 Å². The number of hydrogen-bond donors (Lipinski definition) is 0. The highest BCUT2D eigenvalue weighted by Crippen LogP contribution is 2.28. The number of imidazole rings is 1. The van der Waals surface area contributed by atoms with E-state index in [4.69, 9.17) is 4.74 Å². The molecule has 0 aromatic carbocycles. The molecular weight excluding hydrogens is 226 g/mol. The van der Waals surface area contributed by atoms with Gasteiger partial charge in [0.15, 0.2) is 0 Å². The SMILES string of the molecule is COc1ncccc1-c1cccc2nc(C)cn12. The van der Waals surface area contributed by atoms with Crippen molar-refractivity contribution in [1.29, 1.82) is 0 Å². The number of aryl methyl sites for hydroxylation is 1. The normalized spacial score (nSPS) is 10.8. The zero-order valence-electron chi connectivity index (χ0n) is 10.3. The molecule has 0 spiro atoms. The molecule has 3 aromatic rings. The summed E-state index contributed by atoms with van der Waals surface area (Å²) >= 11 is 0. The molecular formula is C14H13N3O. The van der Waals surface area contributed by atoms with Crippen LogP contribution >= 0.6 is 0 Å². The Labute approximate surface area is 105 Å². The number of hydrogen-bond acceptors (Lipinski definition) is 3. The minimum Gasteiger partial charge on any atom is -0.481 e. The van der Waals surface area contributed by atoms with Crippen molar-refractivity contribution in [3.05, 3.63) is 48.4 Å². The van der Waals surface area contributed by atoms with Crippen LogP contribution in [0.3, 0.4) is 0 Å². The van der Waals surface area contributed by atoms with Gasteiger partial charge in [-0.1, -0.05) is 6.07 Å². The number of fused-ring (bicyclic) bond motifs is 1. The summed E-state index contributed by atoms with van der Waals surface area (Å²) in [5, 5.41) is 0. The molecule has 0 saturated heterocycles. The summed E-state index contributed by atoms with van der Waals surface area (Å²) in [4.78, 5) is 8.69. The second-order valence-corrected chi connectivity index (χ2v) is 4.08. The van der Waals surface area contributed by atoms with Gasteiger partial charge in [-0.2, -0.15) is 0 Å². The molecule has 4 nitrogen and oxygen atoms in total. The topological polar surface area (TPSA) is 39.4 Å². The van der Waals surface area contributed by atoms with Crippen molar-refractivity contribution >= 4 is 5.65 Å². The van der Waals surface area contributed by atoms with Gasteiger partial charge >= 0.3 is 0 Å². The van der Waals surface area contributed by atoms with Crippen molar-refractivity contribution in [3.63, 3.8) is 0 Å². The first-order valence-corrected chi connectivity index (χ1v) is 5.73. The van der Waals surface area contributed by atoms with E-state index >= 15 is 0 Å². The fourth-order valence-electron chi connectivity index (χ4n) is 2.10. The highest BCUT2D eigenvalue weighted by Gasteiger charge is 2.10. The van der Waals surface area contributed by atoms with Crippen molar-refractivity contribution in [2.45, 2.75) is 6.92 Å². The largest absolute Gasteiger partial charge is 0.481 e. The van der Waals surface area contributed by atoms with Crippen molar-refractivity contribution in [1.82, 2.24) is 14.4 Å². The minimum absolute atomic E-state index is 0.622. The summed E-state index contributed by atoms with van der Waals surface area (Å²) in [6.07, 6.45) is 3.73. The number of ether oxygens (including phenoxy) is 1. The number of pyridine rings is 2. The van der Waals surface area contributed by atoms with Crippen LogP contribution in [0.2, 0.25) is 0 Å². The van der Waals surface area contributed by atoms with Gasteiger partial charge in [-0.25, -0.2) is 9.97 Å². The fourth-order valence-corrected chi connectivity index (χ4v) is 2.10. The van der Waals surface area contributed by atoms with Crippen molar-refractivity contribution in [2.75, 3.05) is 7.11 Å². The molecule has 0 bridgehead atoms. The molecule has 0 fully saturated rings. The summed E-state index contributed by atoms with van der Waals surface area (Å²) in [7, 11) is 1.63. The van der Waals surface area contributed by atoms with Crippen LogP contribution < -0.4 is 4.74 Å². The Balaban J connectivity index is 2.31. The van der Waals surface area contributed by atoms with E-state index < -0.39 is 0 Å². The van der Waals surface area contributed by atoms with Crippen LogP contribution in [0.5, 0.6) is 5.88 Å². The first-order chi connectivity index (χ1) is 8.79. The van der Waals surface area contributed by atoms with Gasteiger partial charge < -0.3 is 4.74 Å². The second kappa shape index (κ2) is 4.14. The average Bonchev–Trinajstić information content (AvgIpc) is 2.78. The van der Waals surface area contributed by atoms with Crippen molar-refractivity contribution in [3.8, 4) is 17.1 Å². The zero-order chi connectivity index (χ0) is 12.5. The molecule has 0 N–H and O–H groups in total. The van der Waals surface area contributed by atoms with E-state index in [9.17, 15) is 0 Å². The maximum Gasteiger partial charge on any atom is 0.222 e. The van der Waals surface area contributed by atoms with E-state index in [-0.39, 0.29) is 0 Å². The van der Waals surface area contributed by atoms with Crippen LogP contribution in [0, 0.1) is 6.92 Å². The third-order valence-electron chi connectivity index (χ3n) is 2.85. The summed E-state index contributed by atoms with van der Waals surface area (Å²) in [6, 6.07) is 9.91. The highest BCUT2D eigenvalue weighted by atomic mass is 16.5. The van der Waals surface area contributed by atoms with Gasteiger partial charge in [0.05, 0.1) is 24.1 Å². The summed E-state index contributed by atoms with van der Waals surface area (Å²) in [6.45, 7) is 1.98. The Hall–Kier alpha value is -2.36. The van der Waals surface area contributed by atoms with E-state index in [1.807, 2.05) is 43.5 Å². The Kier molecular flexibility index (Phi) is 2.48. The molecule has 4 heteroatoms. The first-order valence-electron chi connectivity index (χ1n) is 5.73. The third-order valence-corrected chi connectivity index (χ3v) is 2.85. The van der Waals surface area contributed by atoms with Gasteiger partial charge in [0, 0.05) is 12.4 Å². The monoisotopic (exact) mass is 239 g/mol. The van der Waals surface area contributed by atoms with Gasteiger partial charge in [0.25, 0.3) is 0 Å². The Morgan fingerprint density at radius 1 is 1.17 bits per heavy atom. The number of nitrogens with zero attached hydrogens (tertiary/aromatic N) is 3. The summed E-state index contributed by atoms with van der Waals surface area (Å²) in [5.41, 5.74) is 3.90. The Bertz CT molecular complexity index is 703. The second-order valence-electron chi connectivity index (χ2n) is 4.08. The third kappa shape index (κ3) is 1.62. The number of rotatable bonds is 2. The molecule has 0 unspecified atom stereocenters. The van der Waals surface area contributed by atoms with Gasteiger partial charge in [0.1, 0.15) is 5.65 Å². The molecule has 90 valence electrons. The molecule has 0 saturated carbocycles. The van der Waals surface area contributed by atoms with Crippen LogP contribution in [-0.4, -0.2) is 21.5 Å². The number of methoxy groups -OCH3 is 1. The zero-order valence-corrected chi connectivity index (χ0v) is 10.3. The van der Waals surface area contributed by atoms with Gasteiger partial charge in [0.2, 0.25) is 5.88 Å². The molecule has 0 radical (unpaired) electrons. The smallest absolute Gasteiger partial charge is 0.222 e. The Morgan fingerprint density at radius 2 is 2.06 bits per heavy atom. The van der Waals surface area contributed by atoms with Gasteiger partial charge in [-0.3, -0.25) is 4.40 Å². The molecule has 0 aliphatic rings. The van der Waals surface area contributed by atoms with Crippen LogP contribution in [0.15, 0.2) is 42.7 Å². The maximum atomic E-state index is 5.31. The fraction of sp³-hybridized carbons (Fsp3) is 0.143. The summed E-state index contributed by atoms with van der Waals surface area (Å²) in [5.74, 6) is 0.622. The predicted octanol–water partition coefficient (Wildman–Crippen LogP) is 2.71. The maximum absolute atomic E-state index is 5.31. The van der Waals surface area contributed by atoms with Crippen LogP contribution in [0.1, 0.15) is 5.69 Å². The summed E-state index contributed by atoms with van der Waals surface area (Å²) < 4.78 is 7.36. The van der Waals surface area contributed by atoms with Gasteiger partial charge in [-0.05, 0) is 31.2 Å². The lowest BCUT2D eigenvalue weighted by atomic mass is 10.2. The molecule has 3 rings (SSSR count). The molecule has 3 aromatic heterocycles. The molecule has 0 aliphatic heterocycles. The van der Waals surface area contributed by atoms with E-state index in [0.717, 1.165) is 22.6 Å². The average molecular weight is 239 g/mol. The first kappa shape index (κ1) is 10.8.